The fourth-order valence-electron chi connectivity index (χ4n) is 2.83. The molecule has 0 saturated carbocycles. The van der Waals surface area contributed by atoms with Gasteiger partial charge in [0.15, 0.2) is 0 Å². The second-order valence-electron chi connectivity index (χ2n) is 6.39. The average Bonchev–Trinajstić information content (AvgIpc) is 3.14. The highest BCUT2D eigenvalue weighted by molar-refractivity contribution is 7.99. The number of hydrogen-bond acceptors (Lipinski definition) is 9. The zero-order valence-corrected chi connectivity index (χ0v) is 17.9. The van der Waals surface area contributed by atoms with Crippen LogP contribution in [0.2, 0.25) is 0 Å². The van der Waals surface area contributed by atoms with Gasteiger partial charge in [-0.25, -0.2) is 4.68 Å². The minimum atomic E-state index is -4.32. The van der Waals surface area contributed by atoms with Gasteiger partial charge < -0.3 is 15.7 Å². The molecular weight excluding hydrogens is 444 g/mol. The summed E-state index contributed by atoms with van der Waals surface area (Å²) in [6.07, 6.45) is 0. The lowest BCUT2D eigenvalue weighted by atomic mass is 10.1. The summed E-state index contributed by atoms with van der Waals surface area (Å²) in [5.74, 6) is -0.583. The molecule has 0 atom stereocenters. The molecule has 0 radical (unpaired) electrons. The van der Waals surface area contributed by atoms with Crippen LogP contribution in [0.3, 0.4) is 0 Å². The Morgan fingerprint density at radius 1 is 1.16 bits per heavy atom. The third-order valence-electron chi connectivity index (χ3n) is 4.14. The van der Waals surface area contributed by atoms with E-state index in [-0.39, 0.29) is 11.4 Å². The van der Waals surface area contributed by atoms with Gasteiger partial charge in [0.05, 0.1) is 0 Å². The summed E-state index contributed by atoms with van der Waals surface area (Å²) >= 11 is 1.26. The number of anilines is 1. The number of nitrogens with zero attached hydrogens (tertiary/aromatic N) is 4. The molecule has 0 fully saturated rings. The van der Waals surface area contributed by atoms with E-state index in [0.717, 1.165) is 5.69 Å². The number of carboxylic acid groups (broad SMARTS) is 1. The highest BCUT2D eigenvalue weighted by Crippen LogP contribution is 2.28. The average molecular weight is 465 g/mol. The molecule has 3 aromatic rings. The first-order valence-corrected chi connectivity index (χ1v) is 11.4. The van der Waals surface area contributed by atoms with Crippen LogP contribution in [0.1, 0.15) is 0 Å². The van der Waals surface area contributed by atoms with E-state index in [1.807, 2.05) is 6.07 Å². The number of nitrogens with one attached hydrogen (secondary N) is 2. The van der Waals surface area contributed by atoms with Crippen molar-refractivity contribution in [2.45, 2.75) is 16.6 Å². The number of aliphatic carboxylic acids is 1. The smallest absolute Gasteiger partial charge is 0.325 e. The molecule has 0 aliphatic heterocycles. The number of benzene rings is 2. The molecule has 1 heterocycles. The van der Waals surface area contributed by atoms with Crippen LogP contribution in [-0.4, -0.2) is 63.1 Å². The van der Waals surface area contributed by atoms with Gasteiger partial charge in [-0.05, 0) is 22.6 Å². The third kappa shape index (κ3) is 5.93. The van der Waals surface area contributed by atoms with E-state index in [4.69, 9.17) is 5.11 Å². The van der Waals surface area contributed by atoms with Gasteiger partial charge in [-0.2, -0.15) is 8.42 Å². The summed E-state index contributed by atoms with van der Waals surface area (Å²) in [5.41, 5.74) is 1.45. The number of tetrazole rings is 1. The summed E-state index contributed by atoms with van der Waals surface area (Å²) < 4.78 is 33.8. The highest BCUT2D eigenvalue weighted by Gasteiger charge is 2.14. The molecule has 3 rings (SSSR count). The molecule has 0 saturated heterocycles. The van der Waals surface area contributed by atoms with E-state index in [1.165, 1.54) is 22.5 Å². The molecule has 2 aromatic carbocycles. The molecule has 31 heavy (non-hydrogen) atoms. The lowest BCUT2D eigenvalue weighted by molar-refractivity contribution is -0.138. The lowest BCUT2D eigenvalue weighted by Crippen LogP contribution is -2.22. The number of hydrogen-bond donors (Lipinski definition) is 4. The van der Waals surface area contributed by atoms with E-state index in [9.17, 15) is 17.8 Å². The van der Waals surface area contributed by atoms with Gasteiger partial charge in [0.25, 0.3) is 10.1 Å². The molecule has 1 aromatic heterocycles. The van der Waals surface area contributed by atoms with E-state index in [2.05, 4.69) is 32.7 Å². The van der Waals surface area contributed by atoms with Crippen molar-refractivity contribution in [1.82, 2.24) is 25.5 Å². The van der Waals surface area contributed by atoms with Crippen molar-refractivity contribution in [2.24, 2.45) is 0 Å². The predicted molar refractivity (Wildman–Crippen MR) is 116 cm³/mol. The molecule has 164 valence electrons. The number of carbonyl (C=O) groups is 1. The number of aromatic nitrogens is 4. The number of fused-ring (bicyclic) bond motifs is 1. The molecule has 0 aliphatic rings. The van der Waals surface area contributed by atoms with Crippen molar-refractivity contribution < 1.29 is 22.9 Å². The van der Waals surface area contributed by atoms with Crippen LogP contribution in [0.5, 0.6) is 0 Å². The standard InChI is InChI=1S/C18H20N6O5S2/c1-12(11-30-18-21-22-23-24(18)10-17(25)26)19-8-9-20-15-6-2-5-14-13(15)4-3-7-16(14)31(27,28)29/h2-7,19-20H,1,8-11H2,(H,25,26)(H,27,28,29). The zero-order chi connectivity index (χ0) is 22.4. The van der Waals surface area contributed by atoms with E-state index < -0.39 is 16.1 Å². The van der Waals surface area contributed by atoms with Crippen molar-refractivity contribution in [3.05, 3.63) is 48.7 Å². The Morgan fingerprint density at radius 2 is 1.90 bits per heavy atom. The third-order valence-corrected chi connectivity index (χ3v) is 6.09. The number of carboxylic acids is 1. The van der Waals surface area contributed by atoms with Gasteiger partial charge >= 0.3 is 5.97 Å². The van der Waals surface area contributed by atoms with Gasteiger partial charge in [0, 0.05) is 41.0 Å². The first-order valence-electron chi connectivity index (χ1n) is 9.01. The summed E-state index contributed by atoms with van der Waals surface area (Å²) in [6.45, 7) is 4.67. The Kier molecular flexibility index (Phi) is 7.09. The molecule has 0 unspecified atom stereocenters. The Bertz CT molecular complexity index is 1210. The summed E-state index contributed by atoms with van der Waals surface area (Å²) in [4.78, 5) is 10.7. The highest BCUT2D eigenvalue weighted by atomic mass is 32.2. The Hall–Kier alpha value is -3.16. The predicted octanol–water partition coefficient (Wildman–Crippen LogP) is 1.47. The second-order valence-corrected chi connectivity index (χ2v) is 8.72. The first-order chi connectivity index (χ1) is 14.8. The van der Waals surface area contributed by atoms with E-state index in [0.29, 0.717) is 40.5 Å². The SMILES string of the molecule is C=C(CSc1nnnn1CC(=O)O)NCCNc1cccc2c(S(=O)(=O)O)cccc12. The molecule has 11 nitrogen and oxygen atoms in total. The minimum Gasteiger partial charge on any atom is -0.480 e. The van der Waals surface area contributed by atoms with Crippen LogP contribution < -0.4 is 10.6 Å². The van der Waals surface area contributed by atoms with Gasteiger partial charge in [0.1, 0.15) is 11.4 Å². The van der Waals surface area contributed by atoms with Crippen LogP contribution in [-0.2, 0) is 21.5 Å². The topological polar surface area (TPSA) is 159 Å². The van der Waals surface area contributed by atoms with E-state index >= 15 is 0 Å². The Labute approximate surface area is 182 Å². The van der Waals surface area contributed by atoms with Crippen LogP contribution in [0.4, 0.5) is 5.69 Å². The maximum absolute atomic E-state index is 11.6. The first kappa shape index (κ1) is 22.5. The largest absolute Gasteiger partial charge is 0.480 e. The zero-order valence-electron chi connectivity index (χ0n) is 16.2. The fourth-order valence-corrected chi connectivity index (χ4v) is 4.28. The summed E-state index contributed by atoms with van der Waals surface area (Å²) in [7, 11) is -4.32. The lowest BCUT2D eigenvalue weighted by Gasteiger charge is -2.13. The van der Waals surface area contributed by atoms with Crippen molar-refractivity contribution in [3.8, 4) is 0 Å². The van der Waals surface area contributed by atoms with Crippen LogP contribution in [0, 0.1) is 0 Å². The van der Waals surface area contributed by atoms with Crippen LogP contribution >= 0.6 is 11.8 Å². The van der Waals surface area contributed by atoms with Crippen LogP contribution in [0.25, 0.3) is 10.8 Å². The molecule has 13 heteroatoms. The van der Waals surface area contributed by atoms with Crippen molar-refractivity contribution >= 4 is 44.3 Å². The molecule has 4 N–H and O–H groups in total. The molecule has 0 spiro atoms. The van der Waals surface area contributed by atoms with Gasteiger partial charge in [0.2, 0.25) is 5.16 Å². The molecule has 0 bridgehead atoms. The molecular formula is C18H20N6O5S2. The van der Waals surface area contributed by atoms with Crippen molar-refractivity contribution in [2.75, 3.05) is 24.2 Å². The maximum Gasteiger partial charge on any atom is 0.325 e. The molecule has 0 aliphatic carbocycles. The summed E-state index contributed by atoms with van der Waals surface area (Å²) in [5, 5.41) is 27.6. The maximum atomic E-state index is 11.6. The number of rotatable bonds is 11. The van der Waals surface area contributed by atoms with Crippen molar-refractivity contribution in [3.63, 3.8) is 0 Å². The normalized spacial score (nSPS) is 11.4. The van der Waals surface area contributed by atoms with E-state index in [1.54, 1.807) is 24.3 Å². The second kappa shape index (κ2) is 9.76. The quantitative estimate of drug-likeness (QED) is 0.185. The monoisotopic (exact) mass is 464 g/mol. The van der Waals surface area contributed by atoms with Crippen molar-refractivity contribution in [1.29, 1.82) is 0 Å². The fraction of sp³-hybridized carbons (Fsp3) is 0.222. The van der Waals surface area contributed by atoms with Crippen LogP contribution in [0.15, 0.2) is 58.7 Å². The van der Waals surface area contributed by atoms with Gasteiger partial charge in [-0.1, -0.05) is 42.6 Å². The van der Waals surface area contributed by atoms with Gasteiger partial charge in [-0.15, -0.1) is 5.10 Å². The Balaban J connectivity index is 1.52. The minimum absolute atomic E-state index is 0.137. The Morgan fingerprint density at radius 3 is 2.65 bits per heavy atom. The number of thioether (sulfide) groups is 1. The summed E-state index contributed by atoms with van der Waals surface area (Å²) in [6, 6.07) is 9.88. The van der Waals surface area contributed by atoms with Gasteiger partial charge in [-0.3, -0.25) is 9.35 Å². The molecule has 0 amide bonds.